The quantitative estimate of drug-likeness (QED) is 0.324. The summed E-state index contributed by atoms with van der Waals surface area (Å²) in [6.07, 6.45) is 3.31. The van der Waals surface area contributed by atoms with Crippen molar-refractivity contribution in [1.29, 1.82) is 0 Å². The maximum atomic E-state index is 12.0. The SMILES string of the molecule is CC(Nc1n[nH]c(=O)[nH]c1=O)C(=O)N/N=C/c1c[nH]c2ccccc12. The summed E-state index contributed by atoms with van der Waals surface area (Å²) in [7, 11) is 0. The highest BCUT2D eigenvalue weighted by Crippen LogP contribution is 2.15. The number of carbonyl (C=O) groups excluding carboxylic acids is 1. The topological polar surface area (TPSA) is 148 Å². The summed E-state index contributed by atoms with van der Waals surface area (Å²) in [6, 6.07) is 6.91. The number of hydrogen-bond donors (Lipinski definition) is 5. The Morgan fingerprint density at radius 2 is 2.12 bits per heavy atom. The van der Waals surface area contributed by atoms with Crippen LogP contribution in [-0.2, 0) is 4.79 Å². The molecule has 0 aliphatic carbocycles. The molecule has 10 heteroatoms. The Morgan fingerprint density at radius 1 is 1.32 bits per heavy atom. The molecule has 1 amide bonds. The molecule has 10 nitrogen and oxygen atoms in total. The average Bonchev–Trinajstić information content (AvgIpc) is 3.00. The highest BCUT2D eigenvalue weighted by atomic mass is 16.2. The predicted molar refractivity (Wildman–Crippen MR) is 92.6 cm³/mol. The molecule has 1 aromatic carbocycles. The molecule has 128 valence electrons. The number of anilines is 1. The molecule has 0 saturated heterocycles. The molecule has 3 rings (SSSR count). The number of hydrogen-bond acceptors (Lipinski definition) is 6. The van der Waals surface area contributed by atoms with Crippen molar-refractivity contribution in [3.8, 4) is 0 Å². The van der Waals surface area contributed by atoms with Gasteiger partial charge in [-0.1, -0.05) is 18.2 Å². The van der Waals surface area contributed by atoms with E-state index in [0.717, 1.165) is 16.5 Å². The molecule has 0 spiro atoms. The standard InChI is InChI=1S/C15H15N7O3/c1-8(18-12-14(24)19-15(25)22-20-12)13(23)21-17-7-9-6-16-11-5-3-2-4-10(9)11/h2-8,16H,1H3,(H,18,20)(H,21,23)(H2,19,22,24,25)/b17-7+. The summed E-state index contributed by atoms with van der Waals surface area (Å²) in [5.41, 5.74) is 2.73. The van der Waals surface area contributed by atoms with Crippen LogP contribution >= 0.6 is 0 Å². The normalized spacial score (nSPS) is 12.4. The van der Waals surface area contributed by atoms with Crippen molar-refractivity contribution in [3.63, 3.8) is 0 Å². The van der Waals surface area contributed by atoms with Crippen molar-refractivity contribution < 1.29 is 4.79 Å². The van der Waals surface area contributed by atoms with Crippen LogP contribution in [0.5, 0.6) is 0 Å². The Labute approximate surface area is 140 Å². The first-order chi connectivity index (χ1) is 12.0. The first kappa shape index (κ1) is 16.2. The minimum absolute atomic E-state index is 0.164. The maximum absolute atomic E-state index is 12.0. The Balaban J connectivity index is 1.63. The zero-order chi connectivity index (χ0) is 17.8. The van der Waals surface area contributed by atoms with E-state index in [9.17, 15) is 14.4 Å². The highest BCUT2D eigenvalue weighted by Gasteiger charge is 2.14. The van der Waals surface area contributed by atoms with Gasteiger partial charge in [-0.2, -0.15) is 5.10 Å². The van der Waals surface area contributed by atoms with Crippen LogP contribution in [0.2, 0.25) is 0 Å². The first-order valence-corrected chi connectivity index (χ1v) is 7.39. The van der Waals surface area contributed by atoms with Crippen LogP contribution in [0.4, 0.5) is 5.82 Å². The van der Waals surface area contributed by atoms with E-state index in [2.05, 4.69) is 31.0 Å². The van der Waals surface area contributed by atoms with Crippen molar-refractivity contribution in [2.75, 3.05) is 5.32 Å². The summed E-state index contributed by atoms with van der Waals surface area (Å²) in [6.45, 7) is 1.53. The summed E-state index contributed by atoms with van der Waals surface area (Å²) < 4.78 is 0. The van der Waals surface area contributed by atoms with Crippen molar-refractivity contribution in [2.24, 2.45) is 5.10 Å². The second-order valence-corrected chi connectivity index (χ2v) is 5.25. The Hall–Kier alpha value is -3.69. The van der Waals surface area contributed by atoms with Crippen LogP contribution in [-0.4, -0.2) is 38.3 Å². The molecule has 0 aliphatic heterocycles. The van der Waals surface area contributed by atoms with Gasteiger partial charge in [0.1, 0.15) is 6.04 Å². The van der Waals surface area contributed by atoms with Gasteiger partial charge in [-0.3, -0.25) is 14.6 Å². The highest BCUT2D eigenvalue weighted by molar-refractivity contribution is 5.99. The van der Waals surface area contributed by atoms with E-state index >= 15 is 0 Å². The third-order valence-electron chi connectivity index (χ3n) is 3.46. The van der Waals surface area contributed by atoms with Crippen LogP contribution in [0.15, 0.2) is 45.2 Å². The van der Waals surface area contributed by atoms with Gasteiger partial charge in [-0.25, -0.2) is 15.3 Å². The number of carbonyl (C=O) groups is 1. The lowest BCUT2D eigenvalue weighted by Crippen LogP contribution is -2.38. The fourth-order valence-corrected chi connectivity index (χ4v) is 2.18. The number of nitrogens with zero attached hydrogens (tertiary/aromatic N) is 2. The molecule has 0 aliphatic rings. The molecule has 0 bridgehead atoms. The van der Waals surface area contributed by atoms with Gasteiger partial charge >= 0.3 is 5.69 Å². The van der Waals surface area contributed by atoms with Crippen LogP contribution in [0.1, 0.15) is 12.5 Å². The largest absolute Gasteiger partial charge is 0.361 e. The smallest absolute Gasteiger partial charge is 0.342 e. The molecule has 3 aromatic rings. The molecule has 1 unspecified atom stereocenters. The van der Waals surface area contributed by atoms with E-state index in [1.165, 1.54) is 13.1 Å². The molecule has 0 radical (unpaired) electrons. The molecule has 2 heterocycles. The zero-order valence-corrected chi connectivity index (χ0v) is 13.2. The summed E-state index contributed by atoms with van der Waals surface area (Å²) in [4.78, 5) is 39.6. The zero-order valence-electron chi connectivity index (χ0n) is 13.2. The molecule has 25 heavy (non-hydrogen) atoms. The van der Waals surface area contributed by atoms with Crippen molar-refractivity contribution in [3.05, 3.63) is 56.9 Å². The molecule has 1 atom stereocenters. The van der Waals surface area contributed by atoms with E-state index in [0.29, 0.717) is 0 Å². The van der Waals surface area contributed by atoms with Crippen molar-refractivity contribution in [1.82, 2.24) is 25.6 Å². The second kappa shape index (κ2) is 6.83. The molecule has 0 fully saturated rings. The molecule has 0 saturated carbocycles. The van der Waals surface area contributed by atoms with Gasteiger partial charge in [-0.15, -0.1) is 5.10 Å². The lowest BCUT2D eigenvalue weighted by atomic mass is 10.2. The Kier molecular flexibility index (Phi) is 4.42. The van der Waals surface area contributed by atoms with Gasteiger partial charge < -0.3 is 10.3 Å². The lowest BCUT2D eigenvalue weighted by molar-refractivity contribution is -0.121. The Bertz CT molecular complexity index is 1050. The number of fused-ring (bicyclic) bond motifs is 1. The molecular formula is C15H15N7O3. The summed E-state index contributed by atoms with van der Waals surface area (Å²) in [5, 5.41) is 13.1. The average molecular weight is 341 g/mol. The number of nitrogens with one attached hydrogen (secondary N) is 5. The minimum Gasteiger partial charge on any atom is -0.361 e. The number of aromatic nitrogens is 4. The number of para-hydroxylation sites is 1. The van der Waals surface area contributed by atoms with Gasteiger partial charge in [0.2, 0.25) is 5.82 Å². The number of rotatable bonds is 5. The number of amides is 1. The van der Waals surface area contributed by atoms with Crippen LogP contribution < -0.4 is 22.0 Å². The second-order valence-electron chi connectivity index (χ2n) is 5.25. The van der Waals surface area contributed by atoms with Crippen LogP contribution in [0.25, 0.3) is 10.9 Å². The molecule has 2 aromatic heterocycles. The van der Waals surface area contributed by atoms with Gasteiger partial charge in [0.15, 0.2) is 0 Å². The third kappa shape index (κ3) is 3.63. The fraction of sp³-hybridized carbons (Fsp3) is 0.133. The molecule has 5 N–H and O–H groups in total. The molecular weight excluding hydrogens is 326 g/mol. The maximum Gasteiger partial charge on any atom is 0.342 e. The first-order valence-electron chi connectivity index (χ1n) is 7.39. The van der Waals surface area contributed by atoms with Gasteiger partial charge in [0.25, 0.3) is 11.5 Å². The third-order valence-corrected chi connectivity index (χ3v) is 3.46. The Morgan fingerprint density at radius 3 is 2.92 bits per heavy atom. The van der Waals surface area contributed by atoms with Gasteiger partial charge in [0, 0.05) is 22.7 Å². The fourth-order valence-electron chi connectivity index (χ4n) is 2.18. The predicted octanol–water partition coefficient (Wildman–Crippen LogP) is -0.110. The van der Waals surface area contributed by atoms with Gasteiger partial charge in [0.05, 0.1) is 6.21 Å². The number of benzene rings is 1. The van der Waals surface area contributed by atoms with Crippen LogP contribution in [0.3, 0.4) is 0 Å². The summed E-state index contributed by atoms with van der Waals surface area (Å²) in [5.74, 6) is -0.633. The summed E-state index contributed by atoms with van der Waals surface area (Å²) >= 11 is 0. The van der Waals surface area contributed by atoms with Crippen LogP contribution in [0, 0.1) is 0 Å². The van der Waals surface area contributed by atoms with E-state index in [4.69, 9.17) is 0 Å². The monoisotopic (exact) mass is 341 g/mol. The van der Waals surface area contributed by atoms with E-state index in [1.807, 2.05) is 29.2 Å². The van der Waals surface area contributed by atoms with E-state index < -0.39 is 23.2 Å². The minimum atomic E-state index is -0.792. The number of aromatic amines is 3. The van der Waals surface area contributed by atoms with Gasteiger partial charge in [-0.05, 0) is 13.0 Å². The van der Waals surface area contributed by atoms with E-state index in [-0.39, 0.29) is 5.82 Å². The van der Waals surface area contributed by atoms with E-state index in [1.54, 1.807) is 6.20 Å². The van der Waals surface area contributed by atoms with Crippen molar-refractivity contribution in [2.45, 2.75) is 13.0 Å². The number of H-pyrrole nitrogens is 3. The number of hydrazone groups is 1. The lowest BCUT2D eigenvalue weighted by Gasteiger charge is -2.11. The van der Waals surface area contributed by atoms with Crippen molar-refractivity contribution >= 4 is 28.8 Å².